The molecule has 1 fully saturated rings. The number of hydrogen-bond donors (Lipinski definition) is 1. The highest BCUT2D eigenvalue weighted by Gasteiger charge is 2.33. The largest absolute Gasteiger partial charge is 0.364 e. The average molecular weight is 230 g/mol. The van der Waals surface area contributed by atoms with E-state index >= 15 is 0 Å². The molecule has 0 aromatic carbocycles. The monoisotopic (exact) mass is 230 g/mol. The van der Waals surface area contributed by atoms with Gasteiger partial charge in [-0.25, -0.2) is 0 Å². The summed E-state index contributed by atoms with van der Waals surface area (Å²) in [4.78, 5) is 0. The molecule has 1 aliphatic carbocycles. The van der Waals surface area contributed by atoms with E-state index in [1.807, 2.05) is 6.92 Å². The van der Waals surface area contributed by atoms with Crippen molar-refractivity contribution < 1.29 is 0 Å². The number of nitriles is 1. The van der Waals surface area contributed by atoms with Crippen LogP contribution in [0, 0.1) is 17.2 Å². The second-order valence-electron chi connectivity index (χ2n) is 4.63. The normalized spacial score (nSPS) is 22.0. The first-order chi connectivity index (χ1) is 8.21. The summed E-state index contributed by atoms with van der Waals surface area (Å²) in [6.45, 7) is 6.29. The first kappa shape index (κ1) is 11.8. The highest BCUT2D eigenvalue weighted by molar-refractivity contribution is 5.57. The van der Waals surface area contributed by atoms with Crippen molar-refractivity contribution in [2.24, 2.45) is 5.92 Å². The summed E-state index contributed by atoms with van der Waals surface area (Å²) in [6.07, 6.45) is 2.81. The van der Waals surface area contributed by atoms with E-state index < -0.39 is 0 Å². The van der Waals surface area contributed by atoms with Crippen LogP contribution in [0.2, 0.25) is 0 Å². The van der Waals surface area contributed by atoms with Gasteiger partial charge >= 0.3 is 0 Å². The molecule has 0 spiro atoms. The number of anilines is 1. The zero-order valence-electron chi connectivity index (χ0n) is 10.6. The highest BCUT2D eigenvalue weighted by atomic mass is 15.2. The van der Waals surface area contributed by atoms with Crippen molar-refractivity contribution in [3.8, 4) is 6.07 Å². The molecule has 2 atom stereocenters. The molecule has 2 rings (SSSR count). The highest BCUT2D eigenvalue weighted by Crippen LogP contribution is 2.33. The molecule has 0 aliphatic heterocycles. The van der Waals surface area contributed by atoms with Crippen molar-refractivity contribution in [1.29, 1.82) is 5.26 Å². The minimum atomic E-state index is 0.466. The van der Waals surface area contributed by atoms with Crippen LogP contribution in [0.4, 0.5) is 5.82 Å². The molecular formula is C13H18N4. The van der Waals surface area contributed by atoms with E-state index in [1.54, 1.807) is 0 Å². The standard InChI is InChI=1S/C13H18N4/c1-4-9-10(7-14)13(15-12-6-8(12)3)17-16-11(9)5-2/h8,12H,4-6H2,1-3H3,(H,15,17). The van der Waals surface area contributed by atoms with Gasteiger partial charge in [0.1, 0.15) is 11.6 Å². The summed E-state index contributed by atoms with van der Waals surface area (Å²) in [6, 6.07) is 2.74. The maximum Gasteiger partial charge on any atom is 0.167 e. The minimum Gasteiger partial charge on any atom is -0.364 e. The molecule has 1 aromatic rings. The molecule has 2 unspecified atom stereocenters. The van der Waals surface area contributed by atoms with E-state index in [-0.39, 0.29) is 0 Å². The summed E-state index contributed by atoms with van der Waals surface area (Å²) in [5.74, 6) is 1.34. The van der Waals surface area contributed by atoms with E-state index in [2.05, 4.69) is 35.4 Å². The van der Waals surface area contributed by atoms with Crippen molar-refractivity contribution in [2.45, 2.75) is 46.1 Å². The summed E-state index contributed by atoms with van der Waals surface area (Å²) in [5.41, 5.74) is 2.66. The van der Waals surface area contributed by atoms with Gasteiger partial charge in [-0.1, -0.05) is 20.8 Å². The minimum absolute atomic E-state index is 0.466. The Balaban J connectivity index is 2.35. The van der Waals surface area contributed by atoms with Gasteiger partial charge in [-0.3, -0.25) is 0 Å². The third-order valence-corrected chi connectivity index (χ3v) is 3.39. The molecule has 1 aromatic heterocycles. The lowest BCUT2D eigenvalue weighted by Gasteiger charge is -2.11. The number of hydrogen-bond acceptors (Lipinski definition) is 4. The Morgan fingerprint density at radius 2 is 2.06 bits per heavy atom. The summed E-state index contributed by atoms with van der Waals surface area (Å²) < 4.78 is 0. The van der Waals surface area contributed by atoms with E-state index in [0.717, 1.165) is 30.5 Å². The number of aromatic nitrogens is 2. The number of rotatable bonds is 4. The Kier molecular flexibility index (Phi) is 3.28. The van der Waals surface area contributed by atoms with Gasteiger partial charge in [0.05, 0.1) is 5.69 Å². The lowest BCUT2D eigenvalue weighted by Crippen LogP contribution is -2.12. The van der Waals surface area contributed by atoms with Gasteiger partial charge in [0.25, 0.3) is 0 Å². The average Bonchev–Trinajstić information content (AvgIpc) is 3.04. The van der Waals surface area contributed by atoms with Crippen LogP contribution in [-0.4, -0.2) is 16.2 Å². The lowest BCUT2D eigenvalue weighted by molar-refractivity contribution is 0.857. The molecule has 4 heteroatoms. The predicted octanol–water partition coefficient (Wildman–Crippen LogP) is 2.29. The molecule has 90 valence electrons. The van der Waals surface area contributed by atoms with Crippen molar-refractivity contribution >= 4 is 5.82 Å². The summed E-state index contributed by atoms with van der Waals surface area (Å²) in [5, 5.41) is 21.0. The van der Waals surface area contributed by atoms with Crippen LogP contribution in [0.3, 0.4) is 0 Å². The second kappa shape index (κ2) is 4.70. The van der Waals surface area contributed by atoms with Crippen LogP contribution in [0.15, 0.2) is 0 Å². The Morgan fingerprint density at radius 3 is 2.53 bits per heavy atom. The van der Waals surface area contributed by atoms with Crippen LogP contribution in [0.25, 0.3) is 0 Å². The number of nitrogens with zero attached hydrogens (tertiary/aromatic N) is 3. The molecule has 1 saturated carbocycles. The fourth-order valence-electron chi connectivity index (χ4n) is 2.09. The number of aryl methyl sites for hydroxylation is 1. The zero-order chi connectivity index (χ0) is 12.4. The summed E-state index contributed by atoms with van der Waals surface area (Å²) >= 11 is 0. The Labute approximate surface area is 102 Å². The third kappa shape index (κ3) is 2.23. The Hall–Kier alpha value is -1.63. The molecule has 1 heterocycles. The third-order valence-electron chi connectivity index (χ3n) is 3.39. The van der Waals surface area contributed by atoms with Crippen LogP contribution < -0.4 is 5.32 Å². The van der Waals surface area contributed by atoms with Gasteiger partial charge in [0, 0.05) is 6.04 Å². The van der Waals surface area contributed by atoms with Gasteiger partial charge in [0.2, 0.25) is 0 Å². The molecule has 0 amide bonds. The molecule has 1 N–H and O–H groups in total. The molecule has 0 saturated heterocycles. The van der Waals surface area contributed by atoms with E-state index in [9.17, 15) is 5.26 Å². The molecule has 4 nitrogen and oxygen atoms in total. The molecule has 1 aliphatic rings. The molecule has 0 bridgehead atoms. The topological polar surface area (TPSA) is 61.6 Å². The van der Waals surface area contributed by atoms with Crippen LogP contribution in [0.5, 0.6) is 0 Å². The fraction of sp³-hybridized carbons (Fsp3) is 0.615. The van der Waals surface area contributed by atoms with Crippen molar-refractivity contribution in [3.63, 3.8) is 0 Å². The van der Waals surface area contributed by atoms with Gasteiger partial charge < -0.3 is 5.32 Å². The van der Waals surface area contributed by atoms with Crippen molar-refractivity contribution in [1.82, 2.24) is 10.2 Å². The SMILES string of the molecule is CCc1nnc(NC2CC2C)c(C#N)c1CC. The van der Waals surface area contributed by atoms with E-state index in [1.165, 1.54) is 0 Å². The smallest absolute Gasteiger partial charge is 0.167 e. The maximum absolute atomic E-state index is 9.29. The van der Waals surface area contributed by atoms with E-state index in [0.29, 0.717) is 23.3 Å². The zero-order valence-corrected chi connectivity index (χ0v) is 10.6. The van der Waals surface area contributed by atoms with Crippen molar-refractivity contribution in [3.05, 3.63) is 16.8 Å². The first-order valence-corrected chi connectivity index (χ1v) is 6.26. The fourth-order valence-corrected chi connectivity index (χ4v) is 2.09. The quantitative estimate of drug-likeness (QED) is 0.862. The van der Waals surface area contributed by atoms with Gasteiger partial charge in [-0.15, -0.1) is 5.10 Å². The van der Waals surface area contributed by atoms with Gasteiger partial charge in [-0.2, -0.15) is 10.4 Å². The van der Waals surface area contributed by atoms with Crippen LogP contribution >= 0.6 is 0 Å². The van der Waals surface area contributed by atoms with Crippen LogP contribution in [-0.2, 0) is 12.8 Å². The van der Waals surface area contributed by atoms with Crippen LogP contribution in [0.1, 0.15) is 44.0 Å². The lowest BCUT2D eigenvalue weighted by atomic mass is 10.0. The van der Waals surface area contributed by atoms with Crippen molar-refractivity contribution in [2.75, 3.05) is 5.32 Å². The molecular weight excluding hydrogens is 212 g/mol. The molecule has 0 radical (unpaired) electrons. The van der Waals surface area contributed by atoms with E-state index in [4.69, 9.17) is 0 Å². The Bertz CT molecular complexity index is 461. The first-order valence-electron chi connectivity index (χ1n) is 6.26. The van der Waals surface area contributed by atoms with Gasteiger partial charge in [-0.05, 0) is 30.7 Å². The Morgan fingerprint density at radius 1 is 1.35 bits per heavy atom. The molecule has 17 heavy (non-hydrogen) atoms. The number of nitrogens with one attached hydrogen (secondary N) is 1. The maximum atomic E-state index is 9.29. The van der Waals surface area contributed by atoms with Gasteiger partial charge in [0.15, 0.2) is 5.82 Å². The second-order valence-corrected chi connectivity index (χ2v) is 4.63. The summed E-state index contributed by atoms with van der Waals surface area (Å²) in [7, 11) is 0. The predicted molar refractivity (Wildman–Crippen MR) is 66.7 cm³/mol.